The summed E-state index contributed by atoms with van der Waals surface area (Å²) in [4.78, 5) is 2.05. The monoisotopic (exact) mass is 428 g/mol. The first-order valence-corrected chi connectivity index (χ1v) is 9.77. The number of hydrogen-bond donors (Lipinski definition) is 1. The maximum Gasteiger partial charge on any atom is 0.268 e. The molecule has 154 valence electrons. The predicted molar refractivity (Wildman–Crippen MR) is 106 cm³/mol. The molecule has 10 heteroatoms. The Labute approximate surface area is 176 Å². The van der Waals surface area contributed by atoms with E-state index in [0.717, 1.165) is 0 Å². The van der Waals surface area contributed by atoms with Crippen molar-refractivity contribution in [3.8, 4) is 17.7 Å². The molecule has 0 atom stereocenters. The molecule has 3 aromatic rings. The largest absolute Gasteiger partial charge is 0.417 e. The van der Waals surface area contributed by atoms with Crippen LogP contribution in [0.15, 0.2) is 34.7 Å². The van der Waals surface area contributed by atoms with Gasteiger partial charge in [0.05, 0.1) is 11.5 Å². The Kier molecular flexibility index (Phi) is 5.61. The average molecular weight is 429 g/mol. The third-order valence-electron chi connectivity index (χ3n) is 5.29. The highest BCUT2D eigenvalue weighted by Gasteiger charge is 2.36. The van der Waals surface area contributed by atoms with E-state index in [1.807, 2.05) is 4.90 Å². The quantitative estimate of drug-likeness (QED) is 0.659. The molecule has 0 spiro atoms. The Bertz CT molecular complexity index is 1070. The summed E-state index contributed by atoms with van der Waals surface area (Å²) in [6, 6.07) is 10.2. The minimum absolute atomic E-state index is 0.109. The van der Waals surface area contributed by atoms with Crippen LogP contribution in [0.3, 0.4) is 0 Å². The smallest absolute Gasteiger partial charge is 0.268 e. The van der Waals surface area contributed by atoms with Gasteiger partial charge in [0.1, 0.15) is 18.1 Å². The molecule has 1 aliphatic rings. The number of piperidine rings is 1. The van der Waals surface area contributed by atoms with Crippen LogP contribution in [0.4, 0.5) is 10.2 Å². The molecule has 3 heterocycles. The lowest BCUT2D eigenvalue weighted by molar-refractivity contribution is 0.241. The lowest BCUT2D eigenvalue weighted by Crippen LogP contribution is -2.41. The Morgan fingerprint density at radius 1 is 1.17 bits per heavy atom. The van der Waals surface area contributed by atoms with Gasteiger partial charge in [0.15, 0.2) is 5.82 Å². The van der Waals surface area contributed by atoms with E-state index in [-0.39, 0.29) is 24.2 Å². The first-order chi connectivity index (χ1) is 14.5. The van der Waals surface area contributed by atoms with Crippen LogP contribution in [-0.2, 0) is 13.0 Å². The van der Waals surface area contributed by atoms with E-state index in [4.69, 9.17) is 21.1 Å². The molecule has 2 aromatic heterocycles. The second-order valence-corrected chi connectivity index (χ2v) is 7.63. The van der Waals surface area contributed by atoms with Gasteiger partial charge in [-0.15, -0.1) is 20.4 Å². The summed E-state index contributed by atoms with van der Waals surface area (Å²) < 4.78 is 18.9. The van der Waals surface area contributed by atoms with E-state index in [1.165, 1.54) is 18.2 Å². The second-order valence-electron chi connectivity index (χ2n) is 7.23. The number of anilines is 1. The van der Waals surface area contributed by atoms with Gasteiger partial charge in [0.25, 0.3) is 5.89 Å². The van der Waals surface area contributed by atoms with E-state index in [0.29, 0.717) is 54.4 Å². The molecule has 0 radical (unpaired) electrons. The van der Waals surface area contributed by atoms with E-state index in [2.05, 4.69) is 26.5 Å². The number of aliphatic hydroxyl groups is 1. The molecule has 1 N–H and O–H groups in total. The van der Waals surface area contributed by atoms with Gasteiger partial charge in [-0.1, -0.05) is 11.6 Å². The van der Waals surface area contributed by atoms with Crippen LogP contribution in [0.1, 0.15) is 24.3 Å². The van der Waals surface area contributed by atoms with Gasteiger partial charge in [-0.25, -0.2) is 4.39 Å². The molecule has 0 aliphatic carbocycles. The van der Waals surface area contributed by atoms with Gasteiger partial charge in [0, 0.05) is 18.1 Å². The van der Waals surface area contributed by atoms with Crippen molar-refractivity contribution >= 4 is 17.4 Å². The summed E-state index contributed by atoms with van der Waals surface area (Å²) in [5.41, 5.74) is 0.457. The zero-order valence-corrected chi connectivity index (χ0v) is 16.7. The highest BCUT2D eigenvalue weighted by molar-refractivity contribution is 6.31. The number of nitrogens with zero attached hydrogens (tertiary/aromatic N) is 6. The maximum absolute atomic E-state index is 13.6. The van der Waals surface area contributed by atoms with Gasteiger partial charge in [-0.05, 0) is 55.2 Å². The van der Waals surface area contributed by atoms with Crippen molar-refractivity contribution in [1.29, 1.82) is 5.26 Å². The van der Waals surface area contributed by atoms with Crippen molar-refractivity contribution < 1.29 is 13.9 Å². The molecule has 0 unspecified atom stereocenters. The molecule has 1 saturated heterocycles. The van der Waals surface area contributed by atoms with Crippen LogP contribution in [0, 0.1) is 22.6 Å². The van der Waals surface area contributed by atoms with Crippen LogP contribution in [0.5, 0.6) is 0 Å². The third-order valence-corrected chi connectivity index (χ3v) is 5.66. The molecular formula is C20H18ClFN6O2. The van der Waals surface area contributed by atoms with Crippen molar-refractivity contribution in [3.05, 3.63) is 52.6 Å². The molecular weight excluding hydrogens is 411 g/mol. The number of benzene rings is 1. The zero-order valence-electron chi connectivity index (χ0n) is 15.9. The first kappa shape index (κ1) is 20.2. The molecule has 0 saturated carbocycles. The van der Waals surface area contributed by atoms with Crippen molar-refractivity contribution in [1.82, 2.24) is 20.4 Å². The Morgan fingerprint density at radius 2 is 1.97 bits per heavy atom. The Balaban J connectivity index is 1.44. The predicted octanol–water partition coefficient (Wildman–Crippen LogP) is 3.16. The van der Waals surface area contributed by atoms with Gasteiger partial charge in [-0.2, -0.15) is 5.26 Å². The molecule has 30 heavy (non-hydrogen) atoms. The average Bonchev–Trinajstić information content (AvgIpc) is 3.26. The highest BCUT2D eigenvalue weighted by Crippen LogP contribution is 2.37. The minimum atomic E-state index is -0.605. The van der Waals surface area contributed by atoms with Crippen LogP contribution >= 0.6 is 11.6 Å². The van der Waals surface area contributed by atoms with E-state index in [1.54, 1.807) is 12.1 Å². The van der Waals surface area contributed by atoms with Gasteiger partial charge in [-0.3, -0.25) is 0 Å². The van der Waals surface area contributed by atoms with Crippen LogP contribution in [-0.4, -0.2) is 38.6 Å². The van der Waals surface area contributed by atoms with Crippen molar-refractivity contribution in [2.75, 3.05) is 18.0 Å². The molecule has 1 fully saturated rings. The number of nitriles is 1. The second kappa shape index (κ2) is 8.34. The lowest BCUT2D eigenvalue weighted by Gasteiger charge is -2.38. The van der Waals surface area contributed by atoms with Crippen molar-refractivity contribution in [3.63, 3.8) is 0 Å². The van der Waals surface area contributed by atoms with E-state index >= 15 is 0 Å². The highest BCUT2D eigenvalue weighted by atomic mass is 35.5. The number of halogens is 2. The van der Waals surface area contributed by atoms with Crippen LogP contribution in [0.2, 0.25) is 5.02 Å². The van der Waals surface area contributed by atoms with E-state index < -0.39 is 5.41 Å². The summed E-state index contributed by atoms with van der Waals surface area (Å²) in [5.74, 6) is 0.615. The summed E-state index contributed by atoms with van der Waals surface area (Å²) in [6.07, 6.45) is 1.61. The minimum Gasteiger partial charge on any atom is -0.417 e. The Morgan fingerprint density at radius 3 is 2.60 bits per heavy atom. The van der Waals surface area contributed by atoms with Crippen molar-refractivity contribution in [2.45, 2.75) is 25.9 Å². The van der Waals surface area contributed by atoms with Gasteiger partial charge >= 0.3 is 0 Å². The number of aromatic nitrogens is 4. The SMILES string of the molecule is N#CC1(Cc2cc(F)ccc2Cl)CCN(c2ccc(-c3nnc(CO)o3)nn2)CC1. The van der Waals surface area contributed by atoms with Gasteiger partial charge < -0.3 is 14.4 Å². The fourth-order valence-electron chi connectivity index (χ4n) is 3.56. The summed E-state index contributed by atoms with van der Waals surface area (Å²) in [6.45, 7) is 0.890. The molecule has 4 rings (SSSR count). The van der Waals surface area contributed by atoms with Crippen LogP contribution < -0.4 is 4.90 Å². The molecule has 0 bridgehead atoms. The standard InChI is InChI=1S/C20H18ClFN6O2/c21-15-2-1-14(22)9-13(15)10-20(12-23)5-7-28(8-6-20)17-4-3-16(24-25-17)19-27-26-18(11-29)30-19/h1-4,9,29H,5-8,10-11H2. The molecule has 1 aliphatic heterocycles. The fourth-order valence-corrected chi connectivity index (χ4v) is 3.75. The fraction of sp³-hybridized carbons (Fsp3) is 0.350. The number of aliphatic hydroxyl groups excluding tert-OH is 1. The summed E-state index contributed by atoms with van der Waals surface area (Å²) in [7, 11) is 0. The molecule has 8 nitrogen and oxygen atoms in total. The lowest BCUT2D eigenvalue weighted by atomic mass is 9.75. The molecule has 1 aromatic carbocycles. The maximum atomic E-state index is 13.6. The van der Waals surface area contributed by atoms with Crippen molar-refractivity contribution in [2.24, 2.45) is 5.41 Å². The summed E-state index contributed by atoms with van der Waals surface area (Å²) in [5, 5.41) is 35.2. The van der Waals surface area contributed by atoms with E-state index in [9.17, 15) is 9.65 Å². The molecule has 0 amide bonds. The number of rotatable bonds is 5. The van der Waals surface area contributed by atoms with Gasteiger partial charge in [0.2, 0.25) is 5.89 Å². The van der Waals surface area contributed by atoms with Crippen LogP contribution in [0.25, 0.3) is 11.6 Å². The topological polar surface area (TPSA) is 112 Å². The third kappa shape index (κ3) is 4.10. The number of hydrogen-bond acceptors (Lipinski definition) is 8. The first-order valence-electron chi connectivity index (χ1n) is 9.39. The Hall–Kier alpha value is -3.09. The normalized spacial score (nSPS) is 15.7. The zero-order chi connectivity index (χ0) is 21.1. The summed E-state index contributed by atoms with van der Waals surface area (Å²) >= 11 is 6.20.